The molecule has 31 heavy (non-hydrogen) atoms. The summed E-state index contributed by atoms with van der Waals surface area (Å²) in [6.45, 7) is 0.241. The highest BCUT2D eigenvalue weighted by molar-refractivity contribution is 5.92. The number of nitrogens with two attached hydrogens (primary N) is 1. The Bertz CT molecular complexity index is 1330. The standard InChI is InChI=1S/C20H15F3N4O4/c21-7-1-2-13(11(22)3-7)26-6-10(20(30)31)16(28)8-4-12(23)18(25-17(8)26)27-5-9-14(15(9)24)19(27)29/h1-4,6,9,14-15,19,29H,5,24H2,(H,30,31)/t9-,14+,15?,19?/m1/s1. The lowest BCUT2D eigenvalue weighted by atomic mass is 10.1. The molecule has 0 amide bonds. The molecule has 1 aliphatic carbocycles. The highest BCUT2D eigenvalue weighted by Gasteiger charge is 2.60. The van der Waals surface area contributed by atoms with Crippen LogP contribution in [-0.2, 0) is 0 Å². The molecular formula is C20H15F3N4O4. The summed E-state index contributed by atoms with van der Waals surface area (Å²) in [4.78, 5) is 29.6. The molecule has 3 aromatic rings. The second kappa shape index (κ2) is 6.53. The molecular weight excluding hydrogens is 417 g/mol. The van der Waals surface area contributed by atoms with Gasteiger partial charge in [0.05, 0.1) is 11.1 Å². The van der Waals surface area contributed by atoms with Crippen LogP contribution in [0, 0.1) is 29.3 Å². The number of carboxylic acid groups (broad SMARTS) is 1. The third-order valence-electron chi connectivity index (χ3n) is 5.95. The second-order valence-electron chi connectivity index (χ2n) is 7.69. The Hall–Kier alpha value is -3.44. The smallest absolute Gasteiger partial charge is 0.341 e. The molecule has 11 heteroatoms. The summed E-state index contributed by atoms with van der Waals surface area (Å²) in [6.07, 6.45) is -0.230. The van der Waals surface area contributed by atoms with Crippen molar-refractivity contribution in [2.75, 3.05) is 11.4 Å². The maximum Gasteiger partial charge on any atom is 0.341 e. The van der Waals surface area contributed by atoms with E-state index in [0.717, 1.165) is 29.0 Å². The Morgan fingerprint density at radius 3 is 2.55 bits per heavy atom. The van der Waals surface area contributed by atoms with Gasteiger partial charge in [-0.3, -0.25) is 9.36 Å². The van der Waals surface area contributed by atoms with Gasteiger partial charge < -0.3 is 20.8 Å². The molecule has 3 heterocycles. The van der Waals surface area contributed by atoms with Crippen LogP contribution in [0.15, 0.2) is 35.3 Å². The van der Waals surface area contributed by atoms with E-state index in [-0.39, 0.29) is 41.6 Å². The van der Waals surface area contributed by atoms with Gasteiger partial charge in [0.25, 0.3) is 0 Å². The molecule has 0 bridgehead atoms. The lowest BCUT2D eigenvalue weighted by Gasteiger charge is -2.26. The van der Waals surface area contributed by atoms with E-state index in [2.05, 4.69) is 4.98 Å². The fraction of sp³-hybridized carbons (Fsp3) is 0.250. The van der Waals surface area contributed by atoms with Gasteiger partial charge in [-0.1, -0.05) is 0 Å². The van der Waals surface area contributed by atoms with Gasteiger partial charge in [0, 0.05) is 36.7 Å². The van der Waals surface area contributed by atoms with Crippen molar-refractivity contribution in [3.63, 3.8) is 0 Å². The Labute approximate surface area is 172 Å². The molecule has 0 spiro atoms. The zero-order valence-corrected chi connectivity index (χ0v) is 15.7. The Morgan fingerprint density at radius 2 is 1.94 bits per heavy atom. The van der Waals surface area contributed by atoms with Crippen molar-refractivity contribution in [3.05, 3.63) is 63.7 Å². The summed E-state index contributed by atoms with van der Waals surface area (Å²) in [5.41, 5.74) is 3.58. The molecule has 160 valence electrons. The molecule has 0 radical (unpaired) electrons. The maximum absolute atomic E-state index is 14.9. The molecule has 2 aromatic heterocycles. The number of aliphatic hydroxyl groups is 1. The minimum Gasteiger partial charge on any atom is -0.477 e. The highest BCUT2D eigenvalue weighted by atomic mass is 19.1. The first kappa shape index (κ1) is 19.5. The molecule has 2 unspecified atom stereocenters. The van der Waals surface area contributed by atoms with Crippen molar-refractivity contribution in [1.29, 1.82) is 0 Å². The van der Waals surface area contributed by atoms with Gasteiger partial charge in [-0.05, 0) is 18.2 Å². The molecule has 8 nitrogen and oxygen atoms in total. The number of fused-ring (bicyclic) bond motifs is 2. The van der Waals surface area contributed by atoms with Gasteiger partial charge in [-0.25, -0.2) is 22.9 Å². The molecule has 1 saturated heterocycles. The monoisotopic (exact) mass is 432 g/mol. The molecule has 5 rings (SSSR count). The van der Waals surface area contributed by atoms with E-state index in [4.69, 9.17) is 5.73 Å². The Morgan fingerprint density at radius 1 is 1.19 bits per heavy atom. The number of anilines is 1. The summed E-state index contributed by atoms with van der Waals surface area (Å²) in [5.74, 6) is -4.99. The first-order valence-electron chi connectivity index (χ1n) is 9.34. The van der Waals surface area contributed by atoms with Crippen molar-refractivity contribution >= 4 is 22.8 Å². The van der Waals surface area contributed by atoms with Crippen LogP contribution in [0.1, 0.15) is 10.4 Å². The summed E-state index contributed by atoms with van der Waals surface area (Å²) >= 11 is 0. The normalized spacial score (nSPS) is 24.5. The Balaban J connectivity index is 1.77. The number of piperidine rings is 1. The number of halogens is 3. The van der Waals surface area contributed by atoms with Crippen LogP contribution in [-0.4, -0.2) is 44.5 Å². The van der Waals surface area contributed by atoms with Crippen LogP contribution >= 0.6 is 0 Å². The highest BCUT2D eigenvalue weighted by Crippen LogP contribution is 2.49. The zero-order valence-electron chi connectivity index (χ0n) is 15.7. The molecule has 2 fully saturated rings. The van der Waals surface area contributed by atoms with E-state index >= 15 is 0 Å². The number of carboxylic acids is 1. The predicted octanol–water partition coefficient (Wildman–Crippen LogP) is 1.21. The van der Waals surface area contributed by atoms with Crippen LogP contribution in [0.5, 0.6) is 0 Å². The number of hydrogen-bond donors (Lipinski definition) is 3. The molecule has 4 N–H and O–H groups in total. The predicted molar refractivity (Wildman–Crippen MR) is 102 cm³/mol. The van der Waals surface area contributed by atoms with E-state index in [1.807, 2.05) is 0 Å². The molecule has 2 aliphatic rings. The number of benzene rings is 1. The fourth-order valence-electron chi connectivity index (χ4n) is 4.27. The van der Waals surface area contributed by atoms with Crippen LogP contribution in [0.25, 0.3) is 16.7 Å². The van der Waals surface area contributed by atoms with Gasteiger partial charge in [-0.2, -0.15) is 0 Å². The van der Waals surface area contributed by atoms with Gasteiger partial charge in [-0.15, -0.1) is 0 Å². The first-order chi connectivity index (χ1) is 14.7. The summed E-state index contributed by atoms with van der Waals surface area (Å²) in [6, 6.07) is 3.19. The lowest BCUT2D eigenvalue weighted by Crippen LogP contribution is -2.38. The number of nitrogens with zero attached hydrogens (tertiary/aromatic N) is 3. The number of aromatic nitrogens is 2. The van der Waals surface area contributed by atoms with Crippen LogP contribution in [0.4, 0.5) is 19.0 Å². The van der Waals surface area contributed by atoms with Gasteiger partial charge in [0.1, 0.15) is 23.4 Å². The average Bonchev–Trinajstić information content (AvgIpc) is 3.20. The SMILES string of the molecule is NC1[C@H]2C(O)N(c3nc4c(cc3F)c(=O)c(C(=O)O)cn4-c3ccc(F)cc3F)C[C@@H]12. The molecule has 1 aliphatic heterocycles. The molecule has 4 atom stereocenters. The summed E-state index contributed by atoms with van der Waals surface area (Å²) in [5, 5.41) is 19.4. The fourth-order valence-corrected chi connectivity index (χ4v) is 4.27. The number of rotatable bonds is 3. The van der Waals surface area contributed by atoms with Crippen molar-refractivity contribution < 1.29 is 28.2 Å². The summed E-state index contributed by atoms with van der Waals surface area (Å²) < 4.78 is 43.7. The van der Waals surface area contributed by atoms with E-state index in [9.17, 15) is 33.0 Å². The number of aromatic carboxylic acids is 1. The minimum atomic E-state index is -1.60. The van der Waals surface area contributed by atoms with Crippen LogP contribution < -0.4 is 16.1 Å². The van der Waals surface area contributed by atoms with E-state index in [0.29, 0.717) is 6.07 Å². The quantitative estimate of drug-likeness (QED) is 0.569. The van der Waals surface area contributed by atoms with Gasteiger partial charge in [0.15, 0.2) is 17.3 Å². The number of carbonyl (C=O) groups is 1. The second-order valence-corrected chi connectivity index (χ2v) is 7.69. The minimum absolute atomic E-state index is 0.0296. The van der Waals surface area contributed by atoms with Crippen molar-refractivity contribution in [1.82, 2.24) is 9.55 Å². The topological polar surface area (TPSA) is 122 Å². The first-order valence-corrected chi connectivity index (χ1v) is 9.34. The number of hydrogen-bond acceptors (Lipinski definition) is 6. The third-order valence-corrected chi connectivity index (χ3v) is 5.95. The van der Waals surface area contributed by atoms with Crippen molar-refractivity contribution in [3.8, 4) is 5.69 Å². The van der Waals surface area contributed by atoms with E-state index in [1.54, 1.807) is 0 Å². The van der Waals surface area contributed by atoms with Crippen molar-refractivity contribution in [2.45, 2.75) is 12.3 Å². The summed E-state index contributed by atoms with van der Waals surface area (Å²) in [7, 11) is 0. The zero-order chi connectivity index (χ0) is 22.2. The van der Waals surface area contributed by atoms with Gasteiger partial charge >= 0.3 is 5.97 Å². The van der Waals surface area contributed by atoms with E-state index in [1.165, 1.54) is 4.90 Å². The third kappa shape index (κ3) is 2.81. The number of aliphatic hydroxyl groups excluding tert-OH is 1. The average molecular weight is 432 g/mol. The Kier molecular flexibility index (Phi) is 4.11. The number of pyridine rings is 2. The maximum atomic E-state index is 14.9. The molecule has 1 saturated carbocycles. The molecule has 1 aromatic carbocycles. The van der Waals surface area contributed by atoms with E-state index < -0.39 is 46.0 Å². The largest absolute Gasteiger partial charge is 0.477 e. The van der Waals surface area contributed by atoms with Crippen molar-refractivity contribution in [2.24, 2.45) is 17.6 Å². The van der Waals surface area contributed by atoms with Gasteiger partial charge in [0.2, 0.25) is 5.43 Å². The van der Waals surface area contributed by atoms with Crippen LogP contribution in [0.2, 0.25) is 0 Å². The van der Waals surface area contributed by atoms with Crippen LogP contribution in [0.3, 0.4) is 0 Å². The lowest BCUT2D eigenvalue weighted by molar-refractivity contribution is 0.0695.